The predicted molar refractivity (Wildman–Crippen MR) is 86.8 cm³/mol. The lowest BCUT2D eigenvalue weighted by atomic mass is 10.1. The molecule has 0 fully saturated rings. The highest BCUT2D eigenvalue weighted by Gasteiger charge is 2.72. The van der Waals surface area contributed by atoms with Crippen LogP contribution in [0.1, 0.15) is 59.8 Å². The third kappa shape index (κ3) is 7.92. The Bertz CT molecular complexity index is 445. The number of hydrogen-bond acceptors (Lipinski definition) is 3. The first kappa shape index (κ1) is 25.3. The third-order valence-corrected chi connectivity index (χ3v) is 4.61. The molecule has 10 heteroatoms. The van der Waals surface area contributed by atoms with Crippen LogP contribution in [-0.4, -0.2) is 40.6 Å². The van der Waals surface area contributed by atoms with Crippen molar-refractivity contribution >= 4 is 17.7 Å². The van der Waals surface area contributed by atoms with E-state index >= 15 is 0 Å². The summed E-state index contributed by atoms with van der Waals surface area (Å²) in [6, 6.07) is 0. The average Bonchev–Trinajstić information content (AvgIpc) is 2.43. The van der Waals surface area contributed by atoms with Crippen molar-refractivity contribution in [2.75, 3.05) is 5.75 Å². The van der Waals surface area contributed by atoms with Crippen LogP contribution < -0.4 is 0 Å². The normalized spacial score (nSPS) is 15.0. The molecule has 0 aliphatic heterocycles. The van der Waals surface area contributed by atoms with Gasteiger partial charge in [0.05, 0.1) is 0 Å². The van der Waals surface area contributed by atoms with E-state index in [4.69, 9.17) is 4.74 Å². The smallest absolute Gasteiger partial charge is 0.459 e. The van der Waals surface area contributed by atoms with Crippen molar-refractivity contribution in [1.82, 2.24) is 0 Å². The van der Waals surface area contributed by atoms with Crippen molar-refractivity contribution in [3.63, 3.8) is 0 Å². The first-order valence-electron chi connectivity index (χ1n) is 8.22. The van der Waals surface area contributed by atoms with E-state index in [0.717, 1.165) is 18.2 Å². The summed E-state index contributed by atoms with van der Waals surface area (Å²) in [7, 11) is 0. The van der Waals surface area contributed by atoms with Crippen LogP contribution in [0.15, 0.2) is 0 Å². The van der Waals surface area contributed by atoms with Gasteiger partial charge in [0.1, 0.15) is 10.9 Å². The van der Waals surface area contributed by atoms with Crippen LogP contribution in [0.2, 0.25) is 0 Å². The molecule has 0 aromatic heterocycles. The highest BCUT2D eigenvalue weighted by molar-refractivity contribution is 8.00. The maximum Gasteiger partial charge on any atom is 0.459 e. The second-order valence-electron chi connectivity index (χ2n) is 6.92. The zero-order valence-electron chi connectivity index (χ0n) is 15.2. The number of ether oxygens (including phenoxy) is 1. The number of carbonyl (C=O) groups is 1. The molecule has 0 radical (unpaired) electrons. The monoisotopic (exact) mass is 414 g/mol. The highest BCUT2D eigenvalue weighted by atomic mass is 32.2. The molecule has 0 saturated heterocycles. The van der Waals surface area contributed by atoms with Gasteiger partial charge < -0.3 is 4.74 Å². The van der Waals surface area contributed by atoms with Crippen LogP contribution in [0.25, 0.3) is 0 Å². The zero-order valence-corrected chi connectivity index (χ0v) is 16.0. The Labute approximate surface area is 153 Å². The van der Waals surface area contributed by atoms with Gasteiger partial charge >= 0.3 is 24.0 Å². The third-order valence-electron chi connectivity index (χ3n) is 3.26. The van der Waals surface area contributed by atoms with Gasteiger partial charge in [-0.25, -0.2) is 0 Å². The van der Waals surface area contributed by atoms with Crippen LogP contribution in [-0.2, 0) is 9.53 Å². The van der Waals surface area contributed by atoms with Crippen LogP contribution in [0.3, 0.4) is 0 Å². The summed E-state index contributed by atoms with van der Waals surface area (Å²) in [6.45, 7) is 6.86. The molecule has 156 valence electrons. The maximum absolute atomic E-state index is 13.2. The molecule has 0 aromatic carbocycles. The van der Waals surface area contributed by atoms with Gasteiger partial charge in [0.25, 0.3) is 0 Å². The minimum absolute atomic E-state index is 0.156. The number of halogens is 7. The van der Waals surface area contributed by atoms with Crippen molar-refractivity contribution in [3.8, 4) is 0 Å². The van der Waals surface area contributed by atoms with Crippen LogP contribution >= 0.6 is 11.8 Å². The molecule has 0 heterocycles. The van der Waals surface area contributed by atoms with Crippen LogP contribution in [0, 0.1) is 0 Å². The molecule has 1 unspecified atom stereocenters. The number of alkyl halides is 7. The molecule has 0 aliphatic rings. The first-order valence-corrected chi connectivity index (χ1v) is 9.27. The Morgan fingerprint density at radius 2 is 1.54 bits per heavy atom. The number of thioether (sulfide) groups is 1. The number of rotatable bonds is 10. The lowest BCUT2D eigenvalue weighted by Gasteiger charge is -2.28. The lowest BCUT2D eigenvalue weighted by Crippen LogP contribution is -2.51. The SMILES string of the molecule is CCCCC(SCCCC(F)(F)C(F)(F)C(F)(F)F)C(=O)OC(C)(C)C. The molecule has 0 aliphatic carbocycles. The minimum Gasteiger partial charge on any atom is -0.459 e. The van der Waals surface area contributed by atoms with Crippen molar-refractivity contribution in [1.29, 1.82) is 0 Å². The van der Waals surface area contributed by atoms with E-state index < -0.39 is 47.7 Å². The highest BCUT2D eigenvalue weighted by Crippen LogP contribution is 2.48. The van der Waals surface area contributed by atoms with Crippen molar-refractivity contribution in [3.05, 3.63) is 0 Å². The number of unbranched alkanes of at least 4 members (excludes halogenated alkanes) is 1. The largest absolute Gasteiger partial charge is 0.459 e. The molecular weight excluding hydrogens is 389 g/mol. The standard InChI is InChI=1S/C16H25F7O2S/c1-5-6-8-11(12(24)25-13(2,3)4)26-10-7-9-14(17,18)15(19,20)16(21,22)23/h11H,5-10H2,1-4H3. The van der Waals surface area contributed by atoms with E-state index in [1.165, 1.54) is 0 Å². The number of hydrogen-bond donors (Lipinski definition) is 0. The molecule has 0 N–H and O–H groups in total. The zero-order chi connectivity index (χ0) is 20.8. The summed E-state index contributed by atoms with van der Waals surface area (Å²) >= 11 is 0.935. The Morgan fingerprint density at radius 1 is 1.00 bits per heavy atom. The van der Waals surface area contributed by atoms with E-state index in [1.807, 2.05) is 6.92 Å². The predicted octanol–water partition coefficient (Wildman–Crippen LogP) is 6.23. The summed E-state index contributed by atoms with van der Waals surface area (Å²) in [6.07, 6.45) is -6.68. The topological polar surface area (TPSA) is 26.3 Å². The van der Waals surface area contributed by atoms with Crippen LogP contribution in [0.5, 0.6) is 0 Å². The van der Waals surface area contributed by atoms with Gasteiger partial charge in [-0.1, -0.05) is 19.8 Å². The minimum atomic E-state index is -6.32. The number of esters is 1. The van der Waals surface area contributed by atoms with E-state index in [2.05, 4.69) is 0 Å². The van der Waals surface area contributed by atoms with Crippen molar-refractivity contribution in [2.45, 2.75) is 88.7 Å². The second-order valence-corrected chi connectivity index (χ2v) is 8.23. The molecule has 2 nitrogen and oxygen atoms in total. The number of carbonyl (C=O) groups excluding carboxylic acids is 1. The van der Waals surface area contributed by atoms with E-state index in [0.29, 0.717) is 12.8 Å². The van der Waals surface area contributed by atoms with Gasteiger partial charge in [0, 0.05) is 6.42 Å². The summed E-state index contributed by atoms with van der Waals surface area (Å²) in [5.41, 5.74) is -0.746. The average molecular weight is 414 g/mol. The molecule has 0 aromatic rings. The van der Waals surface area contributed by atoms with Gasteiger partial charge in [-0.3, -0.25) is 4.79 Å². The first-order chi connectivity index (χ1) is 11.5. The summed E-state index contributed by atoms with van der Waals surface area (Å²) in [5, 5.41) is -0.675. The van der Waals surface area contributed by atoms with Crippen molar-refractivity contribution in [2.24, 2.45) is 0 Å². The Morgan fingerprint density at radius 3 is 1.96 bits per heavy atom. The molecule has 0 bridgehead atoms. The fourth-order valence-electron chi connectivity index (χ4n) is 1.91. The Balaban J connectivity index is 4.69. The molecule has 0 amide bonds. The summed E-state index contributed by atoms with van der Waals surface area (Å²) in [5.74, 6) is -12.0. The molecule has 0 rings (SSSR count). The fraction of sp³-hybridized carbons (Fsp3) is 0.938. The molecule has 1 atom stereocenters. The molecular formula is C16H25F7O2S. The summed E-state index contributed by atoms with van der Waals surface area (Å²) in [4.78, 5) is 12.1. The Hall–Kier alpha value is -0.670. The van der Waals surface area contributed by atoms with E-state index in [9.17, 15) is 35.5 Å². The van der Waals surface area contributed by atoms with Crippen LogP contribution in [0.4, 0.5) is 30.7 Å². The van der Waals surface area contributed by atoms with Gasteiger partial charge in [-0.05, 0) is 39.4 Å². The van der Waals surface area contributed by atoms with Gasteiger partial charge in [-0.2, -0.15) is 30.7 Å². The lowest BCUT2D eigenvalue weighted by molar-refractivity contribution is -0.355. The molecule has 0 spiro atoms. The second kappa shape index (κ2) is 9.50. The van der Waals surface area contributed by atoms with Gasteiger partial charge in [0.2, 0.25) is 0 Å². The molecule has 26 heavy (non-hydrogen) atoms. The van der Waals surface area contributed by atoms with Crippen molar-refractivity contribution < 1.29 is 40.3 Å². The maximum atomic E-state index is 13.2. The quantitative estimate of drug-likeness (QED) is 0.241. The van der Waals surface area contributed by atoms with Gasteiger partial charge in [-0.15, -0.1) is 11.8 Å². The fourth-order valence-corrected chi connectivity index (χ4v) is 3.02. The van der Waals surface area contributed by atoms with Gasteiger partial charge in [0.15, 0.2) is 0 Å². The summed E-state index contributed by atoms with van der Waals surface area (Å²) < 4.78 is 93.5. The van der Waals surface area contributed by atoms with E-state index in [-0.39, 0.29) is 5.75 Å². The molecule has 0 saturated carbocycles. The Kier molecular flexibility index (Phi) is 9.26. The van der Waals surface area contributed by atoms with E-state index in [1.54, 1.807) is 20.8 Å².